The van der Waals surface area contributed by atoms with Gasteiger partial charge in [-0.2, -0.15) is 5.26 Å². The van der Waals surface area contributed by atoms with E-state index in [-0.39, 0.29) is 5.57 Å². The van der Waals surface area contributed by atoms with E-state index >= 15 is 0 Å². The lowest BCUT2D eigenvalue weighted by Crippen LogP contribution is -2.13. The van der Waals surface area contributed by atoms with Gasteiger partial charge in [0.2, 0.25) is 0 Å². The molecule has 6 heteroatoms. The molecule has 0 aliphatic heterocycles. The molecule has 0 saturated carbocycles. The Kier molecular flexibility index (Phi) is 3.55. The van der Waals surface area contributed by atoms with Crippen molar-refractivity contribution in [1.82, 2.24) is 4.98 Å². The van der Waals surface area contributed by atoms with Crippen LogP contribution in [-0.4, -0.2) is 10.9 Å². The van der Waals surface area contributed by atoms with Crippen LogP contribution in [0, 0.1) is 18.3 Å². The summed E-state index contributed by atoms with van der Waals surface area (Å²) in [6.45, 7) is 1.79. The quantitative estimate of drug-likeness (QED) is 0.678. The van der Waals surface area contributed by atoms with Gasteiger partial charge in [-0.3, -0.25) is 10.1 Å². The van der Waals surface area contributed by atoms with Gasteiger partial charge in [0.15, 0.2) is 5.13 Å². The molecular weight excluding hydrogens is 250 g/mol. The minimum atomic E-state index is -0.499. The molecule has 0 unspecified atom stereocenters. The number of rotatable bonds is 3. The Morgan fingerprint density at radius 1 is 1.61 bits per heavy atom. The molecule has 2 aromatic heterocycles. The van der Waals surface area contributed by atoms with Gasteiger partial charge in [-0.1, -0.05) is 0 Å². The minimum Gasteiger partial charge on any atom is -0.462 e. The standard InChI is InChI=1S/C12H9N3O2S/c1-8-2-3-10(17-8)6-9(7-13)11(16)15-12-14-4-5-18-12/h2-6H,1H3,(H,14,15,16). The van der Waals surface area contributed by atoms with E-state index in [9.17, 15) is 4.79 Å². The lowest BCUT2D eigenvalue weighted by molar-refractivity contribution is -0.112. The van der Waals surface area contributed by atoms with Crippen LogP contribution < -0.4 is 5.32 Å². The monoisotopic (exact) mass is 259 g/mol. The van der Waals surface area contributed by atoms with E-state index in [1.807, 2.05) is 6.07 Å². The van der Waals surface area contributed by atoms with Crippen molar-refractivity contribution in [2.24, 2.45) is 0 Å². The number of thiazole rings is 1. The average molecular weight is 259 g/mol. The topological polar surface area (TPSA) is 78.9 Å². The molecule has 2 heterocycles. The summed E-state index contributed by atoms with van der Waals surface area (Å²) in [6, 6.07) is 5.30. The molecule has 18 heavy (non-hydrogen) atoms. The molecule has 0 aliphatic rings. The summed E-state index contributed by atoms with van der Waals surface area (Å²) in [5.74, 6) is 0.693. The number of aromatic nitrogens is 1. The summed E-state index contributed by atoms with van der Waals surface area (Å²) in [4.78, 5) is 15.7. The maximum atomic E-state index is 11.8. The fourth-order valence-corrected chi connectivity index (χ4v) is 1.80. The molecule has 0 fully saturated rings. The van der Waals surface area contributed by atoms with Gasteiger partial charge in [-0.25, -0.2) is 4.98 Å². The van der Waals surface area contributed by atoms with Gasteiger partial charge in [0, 0.05) is 17.7 Å². The van der Waals surface area contributed by atoms with Crippen molar-refractivity contribution in [3.05, 3.63) is 40.8 Å². The third-order valence-corrected chi connectivity index (χ3v) is 2.75. The number of furan rings is 1. The second-order valence-corrected chi connectivity index (χ2v) is 4.30. The van der Waals surface area contributed by atoms with Gasteiger partial charge in [-0.05, 0) is 19.1 Å². The van der Waals surface area contributed by atoms with Crippen LogP contribution in [0.15, 0.2) is 33.7 Å². The Hall–Kier alpha value is -2.39. The summed E-state index contributed by atoms with van der Waals surface area (Å²) >= 11 is 1.29. The maximum Gasteiger partial charge on any atom is 0.268 e. The average Bonchev–Trinajstić information content (AvgIpc) is 2.97. The van der Waals surface area contributed by atoms with Crippen molar-refractivity contribution in [1.29, 1.82) is 5.26 Å². The summed E-state index contributed by atoms with van der Waals surface area (Å²) in [5.41, 5.74) is -0.0282. The highest BCUT2D eigenvalue weighted by Crippen LogP contribution is 2.14. The van der Waals surface area contributed by atoms with E-state index < -0.39 is 5.91 Å². The van der Waals surface area contributed by atoms with Crippen molar-refractivity contribution in [2.45, 2.75) is 6.92 Å². The molecule has 2 aromatic rings. The molecule has 0 aliphatic carbocycles. The molecular formula is C12H9N3O2S. The van der Waals surface area contributed by atoms with E-state index in [2.05, 4.69) is 10.3 Å². The Morgan fingerprint density at radius 2 is 2.44 bits per heavy atom. The molecule has 1 amide bonds. The van der Waals surface area contributed by atoms with Gasteiger partial charge in [-0.15, -0.1) is 11.3 Å². The van der Waals surface area contributed by atoms with Crippen LogP contribution in [0.5, 0.6) is 0 Å². The van der Waals surface area contributed by atoms with Crippen LogP contribution in [0.4, 0.5) is 5.13 Å². The molecule has 90 valence electrons. The Labute approximate surface area is 107 Å². The molecule has 0 bridgehead atoms. The zero-order chi connectivity index (χ0) is 13.0. The lowest BCUT2D eigenvalue weighted by atomic mass is 10.2. The molecule has 2 rings (SSSR count). The van der Waals surface area contributed by atoms with Crippen molar-refractivity contribution < 1.29 is 9.21 Å². The molecule has 0 spiro atoms. The number of carbonyl (C=O) groups excluding carboxylic acids is 1. The number of aryl methyl sites for hydroxylation is 1. The van der Waals surface area contributed by atoms with Crippen molar-refractivity contribution >= 4 is 28.5 Å². The summed E-state index contributed by atoms with van der Waals surface area (Å²) in [6.07, 6.45) is 2.97. The van der Waals surface area contributed by atoms with Crippen LogP contribution in [0.2, 0.25) is 0 Å². The highest BCUT2D eigenvalue weighted by Gasteiger charge is 2.11. The Bertz CT molecular complexity index is 620. The maximum absolute atomic E-state index is 11.8. The third kappa shape index (κ3) is 2.84. The molecule has 0 aromatic carbocycles. The van der Waals surface area contributed by atoms with Gasteiger partial charge >= 0.3 is 0 Å². The predicted octanol–water partition coefficient (Wildman–Crippen LogP) is 2.59. The summed E-state index contributed by atoms with van der Waals surface area (Å²) in [7, 11) is 0. The molecule has 0 radical (unpaired) electrons. The Balaban J connectivity index is 2.16. The first kappa shape index (κ1) is 12.1. The lowest BCUT2D eigenvalue weighted by Gasteiger charge is -1.98. The zero-order valence-electron chi connectivity index (χ0n) is 9.51. The fraction of sp³-hybridized carbons (Fsp3) is 0.0833. The highest BCUT2D eigenvalue weighted by atomic mass is 32.1. The van der Waals surface area contributed by atoms with Crippen molar-refractivity contribution in [3.8, 4) is 6.07 Å². The largest absolute Gasteiger partial charge is 0.462 e. The van der Waals surface area contributed by atoms with E-state index in [4.69, 9.17) is 9.68 Å². The van der Waals surface area contributed by atoms with Crippen LogP contribution in [0.25, 0.3) is 6.08 Å². The summed E-state index contributed by atoms with van der Waals surface area (Å²) < 4.78 is 5.28. The first-order valence-corrected chi connectivity index (χ1v) is 5.96. The normalized spacial score (nSPS) is 11.0. The number of nitrogens with zero attached hydrogens (tertiary/aromatic N) is 2. The zero-order valence-corrected chi connectivity index (χ0v) is 10.3. The van der Waals surface area contributed by atoms with Crippen molar-refractivity contribution in [3.63, 3.8) is 0 Å². The van der Waals surface area contributed by atoms with Gasteiger partial charge in [0.25, 0.3) is 5.91 Å². The van der Waals surface area contributed by atoms with E-state index in [0.717, 1.165) is 5.76 Å². The Morgan fingerprint density at radius 3 is 3.00 bits per heavy atom. The first-order chi connectivity index (χ1) is 8.69. The second kappa shape index (κ2) is 5.29. The highest BCUT2D eigenvalue weighted by molar-refractivity contribution is 7.13. The third-order valence-electron chi connectivity index (χ3n) is 2.07. The molecule has 1 N–H and O–H groups in total. The summed E-state index contributed by atoms with van der Waals surface area (Å²) in [5, 5.41) is 13.7. The first-order valence-electron chi connectivity index (χ1n) is 5.08. The van der Waals surface area contributed by atoms with Crippen LogP contribution in [0.3, 0.4) is 0 Å². The molecule has 0 saturated heterocycles. The van der Waals surface area contributed by atoms with E-state index in [1.165, 1.54) is 17.4 Å². The smallest absolute Gasteiger partial charge is 0.268 e. The van der Waals surface area contributed by atoms with Gasteiger partial charge in [0.1, 0.15) is 23.2 Å². The molecule has 5 nitrogen and oxygen atoms in total. The number of carbonyl (C=O) groups is 1. The minimum absolute atomic E-state index is 0.0282. The van der Waals surface area contributed by atoms with E-state index in [1.54, 1.807) is 30.6 Å². The number of anilines is 1. The SMILES string of the molecule is Cc1ccc(C=C(C#N)C(=O)Nc2nccs2)o1. The number of amides is 1. The number of hydrogen-bond donors (Lipinski definition) is 1. The fourth-order valence-electron chi connectivity index (χ4n) is 1.27. The molecule has 0 atom stereocenters. The van der Waals surface area contributed by atoms with Crippen LogP contribution in [-0.2, 0) is 4.79 Å². The van der Waals surface area contributed by atoms with Crippen LogP contribution >= 0.6 is 11.3 Å². The number of hydrogen-bond acceptors (Lipinski definition) is 5. The number of nitrogens with one attached hydrogen (secondary N) is 1. The number of nitriles is 1. The van der Waals surface area contributed by atoms with Crippen LogP contribution in [0.1, 0.15) is 11.5 Å². The predicted molar refractivity (Wildman–Crippen MR) is 67.8 cm³/mol. The van der Waals surface area contributed by atoms with E-state index in [0.29, 0.717) is 10.9 Å². The van der Waals surface area contributed by atoms with Gasteiger partial charge < -0.3 is 4.42 Å². The van der Waals surface area contributed by atoms with Crippen molar-refractivity contribution in [2.75, 3.05) is 5.32 Å². The van der Waals surface area contributed by atoms with Gasteiger partial charge in [0.05, 0.1) is 0 Å². The second-order valence-electron chi connectivity index (χ2n) is 3.41.